The van der Waals surface area contributed by atoms with Crippen molar-refractivity contribution in [1.29, 1.82) is 0 Å². The Morgan fingerprint density at radius 1 is 0.814 bits per heavy atom. The third-order valence-corrected chi connectivity index (χ3v) is 9.32. The van der Waals surface area contributed by atoms with Gasteiger partial charge in [0.2, 0.25) is 11.8 Å². The van der Waals surface area contributed by atoms with E-state index in [0.29, 0.717) is 26.9 Å². The third-order valence-electron chi connectivity index (χ3n) is 7.07. The lowest BCUT2D eigenvalue weighted by atomic mass is 10.0. The molecule has 0 spiro atoms. The van der Waals surface area contributed by atoms with E-state index in [4.69, 9.17) is 23.2 Å². The van der Waals surface area contributed by atoms with E-state index in [1.165, 1.54) is 24.1 Å². The van der Waals surface area contributed by atoms with Crippen LogP contribution in [0.1, 0.15) is 22.3 Å². The van der Waals surface area contributed by atoms with Crippen LogP contribution >= 0.6 is 23.2 Å². The smallest absolute Gasteiger partial charge is 0.264 e. The summed E-state index contributed by atoms with van der Waals surface area (Å²) in [6.45, 7) is 3.07. The molecule has 0 heterocycles. The van der Waals surface area contributed by atoms with E-state index in [0.717, 1.165) is 15.4 Å². The number of amides is 2. The molecular formula is C33H33Cl2N3O4S. The first kappa shape index (κ1) is 32.1. The van der Waals surface area contributed by atoms with Crippen molar-refractivity contribution >= 4 is 50.7 Å². The summed E-state index contributed by atoms with van der Waals surface area (Å²) in [6, 6.07) is 26.7. The molecule has 7 nitrogen and oxygen atoms in total. The van der Waals surface area contributed by atoms with Crippen LogP contribution in [0.15, 0.2) is 102 Å². The lowest BCUT2D eigenvalue weighted by Gasteiger charge is -2.34. The molecule has 224 valence electrons. The standard InChI is InChI=1S/C33H33Cl2N3O4S/c1-23-12-15-29(16-13-23)43(41,42)38(30-17-14-28(35)18-24(30)2)22-32(39)37(21-26-10-7-11-27(34)19-26)31(33(40)36-3)20-25-8-5-4-6-9-25/h4-19,31H,20-22H2,1-3H3,(H,36,40). The van der Waals surface area contributed by atoms with E-state index in [1.54, 1.807) is 61.5 Å². The maximum absolute atomic E-state index is 14.4. The Morgan fingerprint density at radius 2 is 1.47 bits per heavy atom. The van der Waals surface area contributed by atoms with Gasteiger partial charge >= 0.3 is 0 Å². The van der Waals surface area contributed by atoms with Gasteiger partial charge in [0.1, 0.15) is 12.6 Å². The number of nitrogens with zero attached hydrogens (tertiary/aromatic N) is 2. The van der Waals surface area contributed by atoms with Crippen molar-refractivity contribution in [3.8, 4) is 0 Å². The molecule has 10 heteroatoms. The molecular weight excluding hydrogens is 605 g/mol. The van der Waals surface area contributed by atoms with Gasteiger partial charge in [0.25, 0.3) is 10.0 Å². The van der Waals surface area contributed by atoms with Gasteiger partial charge in [-0.15, -0.1) is 0 Å². The Bertz CT molecular complexity index is 1700. The molecule has 4 aromatic carbocycles. The van der Waals surface area contributed by atoms with E-state index in [9.17, 15) is 18.0 Å². The average molecular weight is 639 g/mol. The summed E-state index contributed by atoms with van der Waals surface area (Å²) in [4.78, 5) is 29.2. The van der Waals surface area contributed by atoms with E-state index in [1.807, 2.05) is 37.3 Å². The number of carbonyl (C=O) groups is 2. The van der Waals surface area contributed by atoms with Crippen LogP contribution in [0, 0.1) is 13.8 Å². The fourth-order valence-electron chi connectivity index (χ4n) is 4.80. The zero-order chi connectivity index (χ0) is 31.1. The monoisotopic (exact) mass is 637 g/mol. The highest BCUT2D eigenvalue weighted by atomic mass is 35.5. The second-order valence-electron chi connectivity index (χ2n) is 10.2. The Kier molecular flexibility index (Phi) is 10.5. The second kappa shape index (κ2) is 14.1. The first-order valence-electron chi connectivity index (χ1n) is 13.6. The van der Waals surface area contributed by atoms with Crippen molar-refractivity contribution in [3.63, 3.8) is 0 Å². The van der Waals surface area contributed by atoms with Crippen LogP contribution in [-0.2, 0) is 32.6 Å². The number of rotatable bonds is 11. The normalized spacial score (nSPS) is 11.9. The molecule has 0 saturated carbocycles. The van der Waals surface area contributed by atoms with Crippen molar-refractivity contribution in [2.75, 3.05) is 17.9 Å². The van der Waals surface area contributed by atoms with E-state index in [2.05, 4.69) is 5.32 Å². The molecule has 1 atom stereocenters. The van der Waals surface area contributed by atoms with Crippen molar-refractivity contribution in [2.45, 2.75) is 37.8 Å². The van der Waals surface area contributed by atoms with Gasteiger partial charge in [-0.25, -0.2) is 8.42 Å². The van der Waals surface area contributed by atoms with E-state index >= 15 is 0 Å². The van der Waals surface area contributed by atoms with Gasteiger partial charge in [-0.3, -0.25) is 13.9 Å². The maximum Gasteiger partial charge on any atom is 0.264 e. The van der Waals surface area contributed by atoms with Crippen LogP contribution in [0.3, 0.4) is 0 Å². The summed E-state index contributed by atoms with van der Waals surface area (Å²) in [6.07, 6.45) is 0.220. The highest BCUT2D eigenvalue weighted by Gasteiger charge is 2.34. The summed E-state index contributed by atoms with van der Waals surface area (Å²) >= 11 is 12.5. The van der Waals surface area contributed by atoms with Crippen LogP contribution < -0.4 is 9.62 Å². The summed E-state index contributed by atoms with van der Waals surface area (Å²) < 4.78 is 29.3. The van der Waals surface area contributed by atoms with Crippen LogP contribution in [0.5, 0.6) is 0 Å². The summed E-state index contributed by atoms with van der Waals surface area (Å²) in [7, 11) is -2.70. The molecule has 0 aliphatic heterocycles. The molecule has 0 radical (unpaired) electrons. The van der Waals surface area contributed by atoms with Crippen LogP contribution in [0.4, 0.5) is 5.69 Å². The maximum atomic E-state index is 14.4. The second-order valence-corrected chi connectivity index (χ2v) is 13.0. The molecule has 1 unspecified atom stereocenters. The Hall–Kier alpha value is -3.85. The number of nitrogens with one attached hydrogen (secondary N) is 1. The van der Waals surface area contributed by atoms with Crippen LogP contribution in [0.25, 0.3) is 0 Å². The first-order chi connectivity index (χ1) is 20.5. The third kappa shape index (κ3) is 7.96. The van der Waals surface area contributed by atoms with Crippen molar-refractivity contribution < 1.29 is 18.0 Å². The molecule has 0 aliphatic carbocycles. The van der Waals surface area contributed by atoms with Gasteiger partial charge in [-0.05, 0) is 73.0 Å². The zero-order valence-corrected chi connectivity index (χ0v) is 26.5. The lowest BCUT2D eigenvalue weighted by molar-refractivity contribution is -0.139. The molecule has 1 N–H and O–H groups in total. The Morgan fingerprint density at radius 3 is 2.09 bits per heavy atom. The fraction of sp³-hybridized carbons (Fsp3) is 0.212. The minimum absolute atomic E-state index is 0.0301. The lowest BCUT2D eigenvalue weighted by Crippen LogP contribution is -2.53. The quantitative estimate of drug-likeness (QED) is 0.212. The molecule has 2 amide bonds. The Balaban J connectivity index is 1.81. The van der Waals surface area contributed by atoms with Gasteiger partial charge in [0.15, 0.2) is 0 Å². The summed E-state index contributed by atoms with van der Waals surface area (Å²) in [5.41, 5.74) is 3.31. The van der Waals surface area contributed by atoms with Crippen molar-refractivity contribution in [2.24, 2.45) is 0 Å². The molecule has 4 aromatic rings. The largest absolute Gasteiger partial charge is 0.357 e. The number of anilines is 1. The van der Waals surface area contributed by atoms with Gasteiger partial charge < -0.3 is 10.2 Å². The van der Waals surface area contributed by atoms with Crippen LogP contribution in [0.2, 0.25) is 10.0 Å². The molecule has 4 rings (SSSR count). The molecule has 43 heavy (non-hydrogen) atoms. The van der Waals surface area contributed by atoms with E-state index in [-0.39, 0.29) is 23.8 Å². The van der Waals surface area contributed by atoms with Crippen LogP contribution in [-0.4, -0.2) is 44.8 Å². The highest BCUT2D eigenvalue weighted by molar-refractivity contribution is 7.92. The number of hydrogen-bond acceptors (Lipinski definition) is 4. The molecule has 0 saturated heterocycles. The number of sulfonamides is 1. The number of likely N-dealkylation sites (N-methyl/N-ethyl adjacent to an activating group) is 1. The fourth-order valence-corrected chi connectivity index (χ4v) is 6.72. The van der Waals surface area contributed by atoms with Gasteiger partial charge in [-0.1, -0.05) is 83.4 Å². The van der Waals surface area contributed by atoms with Crippen molar-refractivity contribution in [1.82, 2.24) is 10.2 Å². The topological polar surface area (TPSA) is 86.8 Å². The molecule has 0 fully saturated rings. The number of aryl methyl sites for hydroxylation is 2. The van der Waals surface area contributed by atoms with Gasteiger partial charge in [-0.2, -0.15) is 0 Å². The molecule has 0 aromatic heterocycles. The SMILES string of the molecule is CNC(=O)C(Cc1ccccc1)N(Cc1cccc(Cl)c1)C(=O)CN(c1ccc(Cl)cc1C)S(=O)(=O)c1ccc(C)cc1. The average Bonchev–Trinajstić information content (AvgIpc) is 2.98. The number of halogens is 2. The van der Waals surface area contributed by atoms with E-state index < -0.39 is 28.5 Å². The van der Waals surface area contributed by atoms with Gasteiger partial charge in [0, 0.05) is 30.1 Å². The highest BCUT2D eigenvalue weighted by Crippen LogP contribution is 2.30. The summed E-state index contributed by atoms with van der Waals surface area (Å²) in [5.74, 6) is -0.940. The zero-order valence-electron chi connectivity index (χ0n) is 24.1. The number of carbonyl (C=O) groups excluding carboxylic acids is 2. The minimum atomic E-state index is -4.20. The Labute approximate surface area is 263 Å². The van der Waals surface area contributed by atoms with Gasteiger partial charge in [0.05, 0.1) is 10.6 Å². The number of benzene rings is 4. The first-order valence-corrected chi connectivity index (χ1v) is 15.8. The molecule has 0 bridgehead atoms. The number of hydrogen-bond donors (Lipinski definition) is 1. The minimum Gasteiger partial charge on any atom is -0.357 e. The predicted octanol–water partition coefficient (Wildman–Crippen LogP) is 6.19. The van der Waals surface area contributed by atoms with Crippen molar-refractivity contribution in [3.05, 3.63) is 129 Å². The molecule has 0 aliphatic rings. The predicted molar refractivity (Wildman–Crippen MR) is 172 cm³/mol. The summed E-state index contributed by atoms with van der Waals surface area (Å²) in [5, 5.41) is 3.59.